The van der Waals surface area contributed by atoms with Crippen LogP contribution >= 0.6 is 0 Å². The van der Waals surface area contributed by atoms with Crippen LogP contribution in [0.1, 0.15) is 43.4 Å². The van der Waals surface area contributed by atoms with E-state index in [2.05, 4.69) is 49.1 Å². The minimum Gasteiger partial charge on any atom is -0.508 e. The second-order valence-electron chi connectivity index (χ2n) is 9.57. The average molecular weight is 441 g/mol. The number of ether oxygens (including phenoxy) is 1. The number of phenolic OH excluding ortho intramolecular Hbond substituents is 1. The quantitative estimate of drug-likeness (QED) is 0.466. The molecule has 0 aliphatic carbocycles. The maximum atomic E-state index is 10.4. The number of rotatable bonds is 9. The Labute approximate surface area is 197 Å². The van der Waals surface area contributed by atoms with Crippen molar-refractivity contribution >= 4 is 0 Å². The third-order valence-electron chi connectivity index (χ3n) is 6.96. The molecule has 4 nitrogen and oxygen atoms in total. The van der Waals surface area contributed by atoms with Gasteiger partial charge in [-0.1, -0.05) is 72.8 Å². The molecule has 3 aromatic rings. The maximum absolute atomic E-state index is 10.4. The lowest BCUT2D eigenvalue weighted by Crippen LogP contribution is -2.60. The van der Waals surface area contributed by atoms with Gasteiger partial charge in [0.05, 0.1) is 18.8 Å². The molecule has 1 N–H and O–H groups in total. The molecule has 0 aromatic heterocycles. The van der Waals surface area contributed by atoms with Gasteiger partial charge >= 0.3 is 0 Å². The topological polar surface area (TPSA) is 56.5 Å². The van der Waals surface area contributed by atoms with Crippen LogP contribution in [0.5, 0.6) is 5.75 Å². The molecule has 3 aromatic carbocycles. The lowest BCUT2D eigenvalue weighted by molar-refractivity contribution is -0.102. The summed E-state index contributed by atoms with van der Waals surface area (Å²) in [6.45, 7) is 6.87. The molecular formula is C29H32N2O2. The first-order valence-electron chi connectivity index (χ1n) is 11.6. The molecule has 0 radical (unpaired) electrons. The van der Waals surface area contributed by atoms with Crippen LogP contribution in [-0.4, -0.2) is 34.7 Å². The number of nitriles is 1. The summed E-state index contributed by atoms with van der Waals surface area (Å²) in [7, 11) is 0. The predicted octanol–water partition coefficient (Wildman–Crippen LogP) is 5.66. The van der Waals surface area contributed by atoms with E-state index in [1.165, 1.54) is 0 Å². The molecule has 1 saturated heterocycles. The largest absolute Gasteiger partial charge is 0.508 e. The van der Waals surface area contributed by atoms with Gasteiger partial charge in [0.15, 0.2) is 0 Å². The van der Waals surface area contributed by atoms with Crippen molar-refractivity contribution in [2.75, 3.05) is 13.1 Å². The van der Waals surface area contributed by atoms with Gasteiger partial charge in [0, 0.05) is 18.6 Å². The van der Waals surface area contributed by atoms with Crippen molar-refractivity contribution in [3.8, 4) is 11.8 Å². The van der Waals surface area contributed by atoms with Gasteiger partial charge in [-0.05, 0) is 55.5 Å². The van der Waals surface area contributed by atoms with Crippen molar-refractivity contribution in [3.63, 3.8) is 0 Å². The lowest BCUT2D eigenvalue weighted by Gasteiger charge is -2.49. The van der Waals surface area contributed by atoms with Gasteiger partial charge in [-0.2, -0.15) is 5.26 Å². The summed E-state index contributed by atoms with van der Waals surface area (Å²) in [6.07, 6.45) is 1.86. The molecule has 0 unspecified atom stereocenters. The zero-order valence-electron chi connectivity index (χ0n) is 19.4. The van der Waals surface area contributed by atoms with Crippen LogP contribution in [0, 0.1) is 11.3 Å². The van der Waals surface area contributed by atoms with E-state index in [9.17, 15) is 10.4 Å². The van der Waals surface area contributed by atoms with Crippen LogP contribution < -0.4 is 0 Å². The van der Waals surface area contributed by atoms with Crippen molar-refractivity contribution in [1.29, 1.82) is 5.26 Å². The molecule has 0 saturated carbocycles. The van der Waals surface area contributed by atoms with Crippen LogP contribution in [0.15, 0.2) is 84.9 Å². The Morgan fingerprint density at radius 1 is 0.879 bits per heavy atom. The summed E-state index contributed by atoms with van der Waals surface area (Å²) < 4.78 is 6.06. The first kappa shape index (κ1) is 23.0. The van der Waals surface area contributed by atoms with Gasteiger partial charge in [0.2, 0.25) is 0 Å². The standard InChI is InChI=1S/C29H32N2O2/c1-28(2,31-19-27(20-31)33-21-23-13-15-26(32)16-14-23)17-18-29(22-30,24-9-5-3-6-10-24)25-11-7-4-8-12-25/h3-16,27,32H,17-21H2,1-2H3. The van der Waals surface area contributed by atoms with Crippen LogP contribution in [0.2, 0.25) is 0 Å². The lowest BCUT2D eigenvalue weighted by atomic mass is 9.70. The van der Waals surface area contributed by atoms with E-state index in [1.807, 2.05) is 48.5 Å². The number of benzene rings is 3. The van der Waals surface area contributed by atoms with E-state index in [1.54, 1.807) is 12.1 Å². The van der Waals surface area contributed by atoms with Crippen LogP contribution in [-0.2, 0) is 16.8 Å². The minimum atomic E-state index is -0.667. The highest BCUT2D eigenvalue weighted by atomic mass is 16.5. The van der Waals surface area contributed by atoms with Crippen LogP contribution in [0.4, 0.5) is 0 Å². The fourth-order valence-corrected chi connectivity index (χ4v) is 4.58. The molecule has 1 aliphatic heterocycles. The Kier molecular flexibility index (Phi) is 6.83. The number of hydrogen-bond acceptors (Lipinski definition) is 4. The van der Waals surface area contributed by atoms with Crippen LogP contribution in [0.3, 0.4) is 0 Å². The molecule has 4 heteroatoms. The SMILES string of the molecule is CC(C)(CCC(C#N)(c1ccccc1)c1ccccc1)N1CC(OCc2ccc(O)cc2)C1. The van der Waals surface area contributed by atoms with Gasteiger partial charge in [-0.15, -0.1) is 0 Å². The third-order valence-corrected chi connectivity index (χ3v) is 6.96. The molecule has 0 atom stereocenters. The number of nitrogens with zero attached hydrogens (tertiary/aromatic N) is 2. The number of hydrogen-bond donors (Lipinski definition) is 1. The van der Waals surface area contributed by atoms with Crippen molar-refractivity contribution in [2.24, 2.45) is 0 Å². The van der Waals surface area contributed by atoms with Gasteiger partial charge in [-0.25, -0.2) is 0 Å². The molecule has 0 bridgehead atoms. The number of aromatic hydroxyl groups is 1. The van der Waals surface area contributed by atoms with E-state index in [4.69, 9.17) is 4.74 Å². The first-order valence-corrected chi connectivity index (χ1v) is 11.6. The Morgan fingerprint density at radius 3 is 1.94 bits per heavy atom. The zero-order chi connectivity index (χ0) is 23.3. The summed E-state index contributed by atoms with van der Waals surface area (Å²) >= 11 is 0. The van der Waals surface area contributed by atoms with Gasteiger partial charge in [0.1, 0.15) is 11.2 Å². The van der Waals surface area contributed by atoms with Crippen LogP contribution in [0.25, 0.3) is 0 Å². The van der Waals surface area contributed by atoms with Gasteiger partial charge in [-0.3, -0.25) is 4.90 Å². The monoisotopic (exact) mass is 440 g/mol. The van der Waals surface area contributed by atoms with Crippen molar-refractivity contribution in [1.82, 2.24) is 4.90 Å². The predicted molar refractivity (Wildman–Crippen MR) is 131 cm³/mol. The van der Waals surface area contributed by atoms with Crippen molar-refractivity contribution in [2.45, 2.75) is 50.4 Å². The van der Waals surface area contributed by atoms with E-state index in [0.717, 1.165) is 42.6 Å². The van der Waals surface area contributed by atoms with E-state index in [-0.39, 0.29) is 17.4 Å². The molecule has 1 aliphatic rings. The summed E-state index contributed by atoms with van der Waals surface area (Å²) in [4.78, 5) is 2.45. The van der Waals surface area contributed by atoms with Gasteiger partial charge < -0.3 is 9.84 Å². The summed E-state index contributed by atoms with van der Waals surface area (Å²) in [6, 6.07) is 30.2. The fraction of sp³-hybridized carbons (Fsp3) is 0.345. The molecule has 0 amide bonds. The van der Waals surface area contributed by atoms with Crippen molar-refractivity contribution < 1.29 is 9.84 Å². The summed E-state index contributed by atoms with van der Waals surface area (Å²) in [5.41, 5.74) is 2.46. The maximum Gasteiger partial charge on any atom is 0.115 e. The van der Waals surface area contributed by atoms with Gasteiger partial charge in [0.25, 0.3) is 0 Å². The fourth-order valence-electron chi connectivity index (χ4n) is 4.58. The average Bonchev–Trinajstić information content (AvgIpc) is 2.81. The van der Waals surface area contributed by atoms with E-state index >= 15 is 0 Å². The second kappa shape index (κ2) is 9.79. The highest BCUT2D eigenvalue weighted by Crippen LogP contribution is 2.39. The molecule has 0 spiro atoms. The smallest absolute Gasteiger partial charge is 0.115 e. The summed E-state index contributed by atoms with van der Waals surface area (Å²) in [5, 5.41) is 19.8. The summed E-state index contributed by atoms with van der Waals surface area (Å²) in [5.74, 6) is 0.273. The Hall–Kier alpha value is -3.13. The molecule has 1 fully saturated rings. The van der Waals surface area contributed by atoms with Crippen molar-refractivity contribution in [3.05, 3.63) is 102 Å². The Balaban J connectivity index is 1.40. The van der Waals surface area contributed by atoms with E-state index < -0.39 is 5.41 Å². The number of phenols is 1. The number of likely N-dealkylation sites (tertiary alicyclic amines) is 1. The molecule has 4 rings (SSSR count). The highest BCUT2D eigenvalue weighted by molar-refractivity contribution is 5.45. The minimum absolute atomic E-state index is 0.0376. The Bertz CT molecular complexity index is 1030. The zero-order valence-corrected chi connectivity index (χ0v) is 19.4. The molecule has 33 heavy (non-hydrogen) atoms. The van der Waals surface area contributed by atoms with E-state index in [0.29, 0.717) is 6.61 Å². The molecule has 170 valence electrons. The normalized spacial score (nSPS) is 15.1. The Morgan fingerprint density at radius 2 is 1.42 bits per heavy atom. The molecule has 1 heterocycles. The molecular weight excluding hydrogens is 408 g/mol. The first-order chi connectivity index (χ1) is 15.9. The second-order valence-corrected chi connectivity index (χ2v) is 9.57. The highest BCUT2D eigenvalue weighted by Gasteiger charge is 2.41. The third kappa shape index (κ3) is 5.11.